The van der Waals surface area contributed by atoms with E-state index in [4.69, 9.17) is 16.3 Å². The van der Waals surface area contributed by atoms with Gasteiger partial charge in [0.2, 0.25) is 5.13 Å². The van der Waals surface area contributed by atoms with E-state index in [0.29, 0.717) is 6.61 Å². The van der Waals surface area contributed by atoms with E-state index in [9.17, 15) is 0 Å². The summed E-state index contributed by atoms with van der Waals surface area (Å²) in [5.74, 6) is 0.822. The first-order valence-corrected chi connectivity index (χ1v) is 6.73. The number of ether oxygens (including phenoxy) is 1. The number of anilines is 1. The van der Waals surface area contributed by atoms with Crippen LogP contribution in [0.3, 0.4) is 0 Å². The van der Waals surface area contributed by atoms with Gasteiger partial charge < -0.3 is 10.1 Å². The van der Waals surface area contributed by atoms with Crippen LogP contribution in [0.2, 0.25) is 5.02 Å². The van der Waals surface area contributed by atoms with Crippen molar-refractivity contribution >= 4 is 28.3 Å². The third-order valence-electron chi connectivity index (χ3n) is 2.33. The van der Waals surface area contributed by atoms with E-state index in [1.165, 1.54) is 11.5 Å². The second kappa shape index (κ2) is 6.68. The Morgan fingerprint density at radius 2 is 2.11 bits per heavy atom. The molecule has 0 unspecified atom stereocenters. The Kier molecular flexibility index (Phi) is 4.92. The predicted octanol–water partition coefficient (Wildman–Crippen LogP) is 2.84. The lowest BCUT2D eigenvalue weighted by molar-refractivity contribution is 0.211. The molecule has 18 heavy (non-hydrogen) atoms. The van der Waals surface area contributed by atoms with E-state index in [2.05, 4.69) is 14.7 Å². The Bertz CT molecular complexity index is 486. The molecule has 0 amide bonds. The molecular weight excluding hydrogens is 270 g/mol. The highest BCUT2D eigenvalue weighted by Gasteiger charge is 2.04. The summed E-state index contributed by atoms with van der Waals surface area (Å²) in [5, 5.41) is 4.73. The summed E-state index contributed by atoms with van der Waals surface area (Å²) in [6.07, 6.45) is 0.722. The summed E-state index contributed by atoms with van der Waals surface area (Å²) in [5.41, 5.74) is 1.15. The number of aromatic nitrogens is 2. The third-order valence-corrected chi connectivity index (χ3v) is 3.29. The minimum Gasteiger partial charge on any atom is -0.383 e. The second-order valence-corrected chi connectivity index (χ2v) is 4.93. The Hall–Kier alpha value is -1.17. The largest absolute Gasteiger partial charge is 0.383 e. The fraction of sp³-hybridized carbons (Fsp3) is 0.333. The van der Waals surface area contributed by atoms with Gasteiger partial charge in [0, 0.05) is 36.6 Å². The van der Waals surface area contributed by atoms with Crippen LogP contribution in [0.1, 0.15) is 11.4 Å². The molecule has 1 N–H and O–H groups in total. The smallest absolute Gasteiger partial charge is 0.202 e. The van der Waals surface area contributed by atoms with Crippen molar-refractivity contribution < 1.29 is 4.74 Å². The monoisotopic (exact) mass is 283 g/mol. The summed E-state index contributed by atoms with van der Waals surface area (Å²) >= 11 is 7.21. The number of halogens is 1. The maximum Gasteiger partial charge on any atom is 0.202 e. The second-order valence-electron chi connectivity index (χ2n) is 3.74. The number of nitrogens with zero attached hydrogens (tertiary/aromatic N) is 2. The molecule has 2 aromatic rings. The first-order valence-electron chi connectivity index (χ1n) is 5.58. The summed E-state index contributed by atoms with van der Waals surface area (Å²) < 4.78 is 9.27. The van der Waals surface area contributed by atoms with Crippen LogP contribution in [0.4, 0.5) is 5.13 Å². The maximum absolute atomic E-state index is 5.84. The molecule has 0 aliphatic carbocycles. The molecule has 1 aromatic carbocycles. The van der Waals surface area contributed by atoms with E-state index in [1.807, 2.05) is 24.3 Å². The topological polar surface area (TPSA) is 47.0 Å². The van der Waals surface area contributed by atoms with E-state index in [-0.39, 0.29) is 0 Å². The lowest BCUT2D eigenvalue weighted by Gasteiger charge is -1.99. The number of benzene rings is 1. The van der Waals surface area contributed by atoms with Gasteiger partial charge in [-0.05, 0) is 17.7 Å². The highest BCUT2D eigenvalue weighted by molar-refractivity contribution is 7.09. The SMILES string of the molecule is COCCNc1nc(Cc2ccc(Cl)cc2)ns1. The molecule has 0 aliphatic heterocycles. The summed E-state index contributed by atoms with van der Waals surface area (Å²) in [6.45, 7) is 1.40. The van der Waals surface area contributed by atoms with Gasteiger partial charge in [0.15, 0.2) is 0 Å². The Morgan fingerprint density at radius 3 is 2.83 bits per heavy atom. The van der Waals surface area contributed by atoms with Crippen molar-refractivity contribution in [2.45, 2.75) is 6.42 Å². The van der Waals surface area contributed by atoms with Crippen molar-refractivity contribution in [2.24, 2.45) is 0 Å². The lowest BCUT2D eigenvalue weighted by atomic mass is 10.1. The number of hydrogen-bond acceptors (Lipinski definition) is 5. The standard InChI is InChI=1S/C12H14ClN3OS/c1-17-7-6-14-12-15-11(16-18-12)8-9-2-4-10(13)5-3-9/h2-5H,6-8H2,1H3,(H,14,15,16). The summed E-state index contributed by atoms with van der Waals surface area (Å²) in [6, 6.07) is 7.73. The molecular formula is C12H14ClN3OS. The van der Waals surface area contributed by atoms with E-state index in [0.717, 1.165) is 34.5 Å². The summed E-state index contributed by atoms with van der Waals surface area (Å²) in [7, 11) is 1.67. The van der Waals surface area contributed by atoms with Crippen LogP contribution in [0.5, 0.6) is 0 Å². The Balaban J connectivity index is 1.91. The number of nitrogens with one attached hydrogen (secondary N) is 1. The normalized spacial score (nSPS) is 10.6. The molecule has 0 fully saturated rings. The molecule has 0 bridgehead atoms. The van der Waals surface area contributed by atoms with Gasteiger partial charge in [-0.1, -0.05) is 23.7 Å². The van der Waals surface area contributed by atoms with Crippen LogP contribution in [-0.4, -0.2) is 29.6 Å². The molecule has 1 heterocycles. The minimum atomic E-state index is 0.659. The summed E-state index contributed by atoms with van der Waals surface area (Å²) in [4.78, 5) is 4.41. The van der Waals surface area contributed by atoms with Gasteiger partial charge in [0.25, 0.3) is 0 Å². The molecule has 0 spiro atoms. The zero-order valence-electron chi connectivity index (χ0n) is 10.0. The first kappa shape index (κ1) is 13.3. The number of rotatable bonds is 6. The Morgan fingerprint density at radius 1 is 1.33 bits per heavy atom. The first-order chi connectivity index (χ1) is 8.78. The van der Waals surface area contributed by atoms with Crippen LogP contribution in [-0.2, 0) is 11.2 Å². The molecule has 1 aromatic heterocycles. The van der Waals surface area contributed by atoms with Crippen LogP contribution in [0.15, 0.2) is 24.3 Å². The molecule has 0 radical (unpaired) electrons. The van der Waals surface area contributed by atoms with Gasteiger partial charge in [0.05, 0.1) is 6.61 Å². The fourth-order valence-electron chi connectivity index (χ4n) is 1.44. The fourth-order valence-corrected chi connectivity index (χ4v) is 2.18. The van der Waals surface area contributed by atoms with Gasteiger partial charge in [0.1, 0.15) is 5.82 Å². The van der Waals surface area contributed by atoms with Gasteiger partial charge in [-0.15, -0.1) is 0 Å². The molecule has 2 rings (SSSR count). The highest BCUT2D eigenvalue weighted by atomic mass is 35.5. The average molecular weight is 284 g/mol. The van der Waals surface area contributed by atoms with Crippen LogP contribution >= 0.6 is 23.1 Å². The number of methoxy groups -OCH3 is 1. The van der Waals surface area contributed by atoms with Crippen molar-refractivity contribution in [3.8, 4) is 0 Å². The lowest BCUT2D eigenvalue weighted by Crippen LogP contribution is -2.07. The average Bonchev–Trinajstić information content (AvgIpc) is 2.80. The van der Waals surface area contributed by atoms with Crippen LogP contribution in [0, 0.1) is 0 Å². The van der Waals surface area contributed by atoms with Crippen molar-refractivity contribution in [3.05, 3.63) is 40.7 Å². The highest BCUT2D eigenvalue weighted by Crippen LogP contribution is 2.15. The van der Waals surface area contributed by atoms with Crippen molar-refractivity contribution in [1.29, 1.82) is 0 Å². The van der Waals surface area contributed by atoms with E-state index < -0.39 is 0 Å². The van der Waals surface area contributed by atoms with E-state index in [1.54, 1.807) is 7.11 Å². The third kappa shape index (κ3) is 3.94. The maximum atomic E-state index is 5.84. The van der Waals surface area contributed by atoms with Gasteiger partial charge in [-0.25, -0.2) is 4.98 Å². The molecule has 0 aliphatic rings. The quantitative estimate of drug-likeness (QED) is 0.828. The van der Waals surface area contributed by atoms with Crippen LogP contribution in [0.25, 0.3) is 0 Å². The van der Waals surface area contributed by atoms with Crippen molar-refractivity contribution in [2.75, 3.05) is 25.6 Å². The number of hydrogen-bond donors (Lipinski definition) is 1. The molecule has 96 valence electrons. The van der Waals surface area contributed by atoms with Gasteiger partial charge in [-0.2, -0.15) is 4.37 Å². The van der Waals surface area contributed by atoms with E-state index >= 15 is 0 Å². The molecule has 0 atom stereocenters. The molecule has 6 heteroatoms. The van der Waals surface area contributed by atoms with Gasteiger partial charge >= 0.3 is 0 Å². The van der Waals surface area contributed by atoms with Crippen molar-refractivity contribution in [3.63, 3.8) is 0 Å². The zero-order chi connectivity index (χ0) is 12.8. The van der Waals surface area contributed by atoms with Crippen molar-refractivity contribution in [1.82, 2.24) is 9.36 Å². The predicted molar refractivity (Wildman–Crippen MR) is 74.5 cm³/mol. The molecule has 4 nitrogen and oxygen atoms in total. The van der Waals surface area contributed by atoms with Gasteiger partial charge in [-0.3, -0.25) is 0 Å². The Labute approximate surface area is 115 Å². The minimum absolute atomic E-state index is 0.659. The molecule has 0 saturated carbocycles. The zero-order valence-corrected chi connectivity index (χ0v) is 11.6. The van der Waals surface area contributed by atoms with Crippen LogP contribution < -0.4 is 5.32 Å². The molecule has 0 saturated heterocycles.